The Bertz CT molecular complexity index is 167. The van der Waals surface area contributed by atoms with Crippen molar-refractivity contribution < 1.29 is 4.79 Å². The van der Waals surface area contributed by atoms with E-state index in [2.05, 4.69) is 15.8 Å². The van der Waals surface area contributed by atoms with Crippen LogP contribution in [-0.2, 0) is 4.79 Å². The average molecular weight is 173 g/mol. The Hall–Kier alpha value is -1.30. The van der Waals surface area contributed by atoms with Gasteiger partial charge in [0.05, 0.1) is 0 Å². The van der Waals surface area contributed by atoms with E-state index in [-0.39, 0.29) is 11.9 Å². The summed E-state index contributed by atoms with van der Waals surface area (Å²) in [5.74, 6) is 9.82. The van der Waals surface area contributed by atoms with Gasteiger partial charge in [0.1, 0.15) is 0 Å². The lowest BCUT2D eigenvalue weighted by Gasteiger charge is -2.04. The van der Waals surface area contributed by atoms with Crippen LogP contribution < -0.4 is 22.4 Å². The number of carbonyl (C=O) groups is 1. The van der Waals surface area contributed by atoms with Crippen LogP contribution in [0.1, 0.15) is 26.2 Å². The van der Waals surface area contributed by atoms with Gasteiger partial charge in [0.25, 0.3) is 0 Å². The molecule has 0 aromatic carbocycles. The minimum Gasteiger partial charge on any atom is -0.320 e. The highest BCUT2D eigenvalue weighted by Gasteiger charge is 2.02. The van der Waals surface area contributed by atoms with Gasteiger partial charge in [0.15, 0.2) is 0 Å². The number of hydrogen-bond acceptors (Lipinski definition) is 4. The van der Waals surface area contributed by atoms with Crippen LogP contribution in [0.5, 0.6) is 0 Å². The van der Waals surface area contributed by atoms with Crippen molar-refractivity contribution >= 4 is 11.9 Å². The summed E-state index contributed by atoms with van der Waals surface area (Å²) in [7, 11) is 0. The minimum atomic E-state index is -0.140. The van der Waals surface area contributed by atoms with Crippen LogP contribution in [0.2, 0.25) is 0 Å². The molecule has 0 aliphatic heterocycles. The summed E-state index contributed by atoms with van der Waals surface area (Å²) >= 11 is 0. The van der Waals surface area contributed by atoms with Crippen molar-refractivity contribution in [3.05, 3.63) is 0 Å². The van der Waals surface area contributed by atoms with Crippen LogP contribution in [0.3, 0.4) is 0 Å². The van der Waals surface area contributed by atoms with Gasteiger partial charge in [-0.1, -0.05) is 13.3 Å². The molecule has 1 amide bonds. The summed E-state index contributed by atoms with van der Waals surface area (Å²) in [4.78, 5) is 11.0. The first-order valence-corrected chi connectivity index (χ1v) is 3.79. The molecule has 70 valence electrons. The molecule has 0 aromatic rings. The van der Waals surface area contributed by atoms with E-state index in [9.17, 15) is 4.79 Å². The highest BCUT2D eigenvalue weighted by atomic mass is 16.1. The van der Waals surface area contributed by atoms with Crippen molar-refractivity contribution in [2.75, 3.05) is 0 Å². The molecule has 12 heavy (non-hydrogen) atoms. The van der Waals surface area contributed by atoms with Crippen molar-refractivity contribution in [2.24, 2.45) is 16.8 Å². The van der Waals surface area contributed by atoms with Crippen molar-refractivity contribution in [1.82, 2.24) is 10.7 Å². The fourth-order valence-corrected chi connectivity index (χ4v) is 0.638. The molecule has 0 bridgehead atoms. The van der Waals surface area contributed by atoms with Gasteiger partial charge in [-0.15, -0.1) is 5.10 Å². The first-order chi connectivity index (χ1) is 5.74. The highest BCUT2D eigenvalue weighted by Crippen LogP contribution is 1.92. The Kier molecular flexibility index (Phi) is 5.72. The normalized spacial score (nSPS) is 11.0. The number of nitrogens with one attached hydrogen (secondary N) is 2. The third kappa shape index (κ3) is 4.51. The molecule has 0 aliphatic carbocycles. The molecule has 6 N–H and O–H groups in total. The zero-order valence-corrected chi connectivity index (χ0v) is 7.13. The number of hydrogen-bond donors (Lipinski definition) is 4. The van der Waals surface area contributed by atoms with Crippen LogP contribution in [0.15, 0.2) is 5.10 Å². The quantitative estimate of drug-likeness (QED) is 0.190. The largest absolute Gasteiger partial charge is 0.320 e. The molecule has 0 saturated heterocycles. The molecule has 0 heterocycles. The summed E-state index contributed by atoms with van der Waals surface area (Å²) < 4.78 is 0. The molecule has 0 aromatic heterocycles. The molecule has 0 spiro atoms. The summed E-state index contributed by atoms with van der Waals surface area (Å²) in [6.45, 7) is 2.01. The van der Waals surface area contributed by atoms with Gasteiger partial charge >= 0.3 is 0 Å². The number of hydrazone groups is 1. The van der Waals surface area contributed by atoms with E-state index in [4.69, 9.17) is 11.7 Å². The maximum atomic E-state index is 11.0. The summed E-state index contributed by atoms with van der Waals surface area (Å²) in [6, 6.07) is 0. The smallest absolute Gasteiger partial charge is 0.234 e. The van der Waals surface area contributed by atoms with Gasteiger partial charge < -0.3 is 5.84 Å². The molecular weight excluding hydrogens is 158 g/mol. The number of nitrogens with two attached hydrogens (primary N) is 2. The first-order valence-electron chi connectivity index (χ1n) is 3.79. The maximum absolute atomic E-state index is 11.0. The van der Waals surface area contributed by atoms with E-state index >= 15 is 0 Å². The van der Waals surface area contributed by atoms with E-state index in [1.807, 2.05) is 6.92 Å². The summed E-state index contributed by atoms with van der Waals surface area (Å²) in [5, 5.41) is 5.60. The lowest BCUT2D eigenvalue weighted by atomic mass is 10.2. The van der Waals surface area contributed by atoms with Crippen LogP contribution >= 0.6 is 0 Å². The first kappa shape index (κ1) is 10.7. The standard InChI is InChI=1S/C6H15N5O/c1-2-3-4-5(12)9-6(10-7)11-8/h2-4,7-8H2,1H3,(H2,9,10,11,12). The molecule has 0 radical (unpaired) electrons. The molecule has 0 aliphatic rings. The number of amides is 1. The second-order valence-corrected chi connectivity index (χ2v) is 2.27. The van der Waals surface area contributed by atoms with Crippen LogP contribution in [0, 0.1) is 0 Å². The molecule has 0 fully saturated rings. The van der Waals surface area contributed by atoms with E-state index in [1.54, 1.807) is 0 Å². The van der Waals surface area contributed by atoms with Crippen LogP contribution in [0.4, 0.5) is 0 Å². The van der Waals surface area contributed by atoms with Crippen molar-refractivity contribution in [2.45, 2.75) is 26.2 Å². The monoisotopic (exact) mass is 173 g/mol. The highest BCUT2D eigenvalue weighted by molar-refractivity contribution is 5.96. The number of hydrazine groups is 1. The molecule has 0 unspecified atom stereocenters. The third-order valence-electron chi connectivity index (χ3n) is 1.28. The van der Waals surface area contributed by atoms with Gasteiger partial charge in [-0.2, -0.15) is 0 Å². The van der Waals surface area contributed by atoms with Gasteiger partial charge in [0, 0.05) is 6.42 Å². The predicted molar refractivity (Wildman–Crippen MR) is 46.6 cm³/mol. The Morgan fingerprint density at radius 1 is 1.58 bits per heavy atom. The number of unbranched alkanes of at least 4 members (excludes halogenated alkanes) is 1. The number of guanidine groups is 1. The molecule has 6 nitrogen and oxygen atoms in total. The molecule has 0 rings (SSSR count). The fraction of sp³-hybridized carbons (Fsp3) is 0.667. The van der Waals surface area contributed by atoms with Crippen LogP contribution in [-0.4, -0.2) is 11.9 Å². The van der Waals surface area contributed by atoms with Gasteiger partial charge in [-0.25, -0.2) is 5.84 Å². The van der Waals surface area contributed by atoms with E-state index in [0.29, 0.717) is 6.42 Å². The number of rotatable bonds is 3. The Morgan fingerprint density at radius 3 is 2.67 bits per heavy atom. The predicted octanol–water partition coefficient (Wildman–Crippen LogP) is -1.01. The second-order valence-electron chi connectivity index (χ2n) is 2.27. The van der Waals surface area contributed by atoms with Gasteiger partial charge in [-0.05, 0) is 6.42 Å². The number of carbonyl (C=O) groups excluding carboxylic acids is 1. The Labute approximate surface area is 71.3 Å². The molecule has 0 atom stereocenters. The van der Waals surface area contributed by atoms with Crippen LogP contribution in [0.25, 0.3) is 0 Å². The third-order valence-corrected chi connectivity index (χ3v) is 1.28. The average Bonchev–Trinajstić information content (AvgIpc) is 2.10. The van der Waals surface area contributed by atoms with Crippen molar-refractivity contribution in [1.29, 1.82) is 0 Å². The zero-order valence-electron chi connectivity index (χ0n) is 7.13. The summed E-state index contributed by atoms with van der Waals surface area (Å²) in [5.41, 5.74) is 2.15. The number of nitrogens with zero attached hydrogens (tertiary/aromatic N) is 1. The van der Waals surface area contributed by atoms with E-state index < -0.39 is 0 Å². The maximum Gasteiger partial charge on any atom is 0.234 e. The van der Waals surface area contributed by atoms with Gasteiger partial charge in [0.2, 0.25) is 11.9 Å². The van der Waals surface area contributed by atoms with Crippen molar-refractivity contribution in [3.63, 3.8) is 0 Å². The Morgan fingerprint density at radius 2 is 2.25 bits per heavy atom. The van der Waals surface area contributed by atoms with E-state index in [1.165, 1.54) is 0 Å². The topological polar surface area (TPSA) is 106 Å². The summed E-state index contributed by atoms with van der Waals surface area (Å²) in [6.07, 6.45) is 2.27. The molecule has 6 heteroatoms. The Balaban J connectivity index is 3.67. The SMILES string of the molecule is CCCCC(=O)N/C(=N/N)NN. The van der Waals surface area contributed by atoms with Crippen molar-refractivity contribution in [3.8, 4) is 0 Å². The zero-order chi connectivity index (χ0) is 9.40. The van der Waals surface area contributed by atoms with E-state index in [0.717, 1.165) is 12.8 Å². The lowest BCUT2D eigenvalue weighted by molar-refractivity contribution is -0.119. The lowest BCUT2D eigenvalue weighted by Crippen LogP contribution is -2.45. The second kappa shape index (κ2) is 6.41. The fourth-order valence-electron chi connectivity index (χ4n) is 0.638. The molecular formula is C6H15N5O. The van der Waals surface area contributed by atoms with Gasteiger partial charge in [-0.3, -0.25) is 15.5 Å². The molecule has 0 saturated carbocycles. The minimum absolute atomic E-state index is 0.0797.